The third kappa shape index (κ3) is 10.4. The van der Waals surface area contributed by atoms with Crippen molar-refractivity contribution < 1.29 is 9.53 Å². The summed E-state index contributed by atoms with van der Waals surface area (Å²) in [5, 5.41) is 9.73. The quantitative estimate of drug-likeness (QED) is 0.151. The van der Waals surface area contributed by atoms with Crippen molar-refractivity contribution in [2.45, 2.75) is 24.0 Å². The SMILES string of the molecule is CN=C(NCCOc1cccc(NC(C)=O)c1)NCC(C)Sc1ccccc1.I. The highest BCUT2D eigenvalue weighted by Crippen LogP contribution is 2.21. The molecule has 0 saturated carbocycles. The second-order valence-corrected chi connectivity index (χ2v) is 7.69. The number of aliphatic imine (C=N–C) groups is 1. The smallest absolute Gasteiger partial charge is 0.221 e. The van der Waals surface area contributed by atoms with Crippen molar-refractivity contribution >= 4 is 53.3 Å². The molecule has 0 heterocycles. The van der Waals surface area contributed by atoms with Crippen molar-refractivity contribution in [1.29, 1.82) is 0 Å². The van der Waals surface area contributed by atoms with Gasteiger partial charge in [-0.1, -0.05) is 31.2 Å². The molecule has 8 heteroatoms. The van der Waals surface area contributed by atoms with Gasteiger partial charge >= 0.3 is 0 Å². The molecule has 0 saturated heterocycles. The Labute approximate surface area is 194 Å². The van der Waals surface area contributed by atoms with Gasteiger partial charge in [-0.2, -0.15) is 0 Å². The highest BCUT2D eigenvalue weighted by Gasteiger charge is 2.06. The molecule has 0 fully saturated rings. The van der Waals surface area contributed by atoms with Crippen molar-refractivity contribution in [3.05, 3.63) is 54.6 Å². The van der Waals surface area contributed by atoms with Gasteiger partial charge in [-0.05, 0) is 24.3 Å². The van der Waals surface area contributed by atoms with Crippen LogP contribution < -0.4 is 20.7 Å². The minimum Gasteiger partial charge on any atom is -0.492 e. The molecule has 6 nitrogen and oxygen atoms in total. The summed E-state index contributed by atoms with van der Waals surface area (Å²) in [5.74, 6) is 1.35. The number of benzene rings is 2. The van der Waals surface area contributed by atoms with Gasteiger partial charge in [0.15, 0.2) is 5.96 Å². The first-order chi connectivity index (χ1) is 13.6. The number of hydrogen-bond donors (Lipinski definition) is 3. The predicted molar refractivity (Wildman–Crippen MR) is 133 cm³/mol. The van der Waals surface area contributed by atoms with E-state index in [9.17, 15) is 4.79 Å². The van der Waals surface area contributed by atoms with Crippen LogP contribution in [0.25, 0.3) is 0 Å². The van der Waals surface area contributed by atoms with Crippen LogP contribution in [0.5, 0.6) is 5.75 Å². The molecule has 0 radical (unpaired) electrons. The van der Waals surface area contributed by atoms with Crippen LogP contribution in [-0.2, 0) is 4.79 Å². The van der Waals surface area contributed by atoms with Crippen LogP contribution in [-0.4, -0.2) is 43.9 Å². The first-order valence-corrected chi connectivity index (χ1v) is 10.1. The lowest BCUT2D eigenvalue weighted by atomic mass is 10.3. The van der Waals surface area contributed by atoms with Gasteiger partial charge in [0, 0.05) is 42.4 Å². The van der Waals surface area contributed by atoms with E-state index in [1.807, 2.05) is 36.0 Å². The Hall–Kier alpha value is -1.94. The van der Waals surface area contributed by atoms with Gasteiger partial charge in [0.25, 0.3) is 0 Å². The zero-order valence-electron chi connectivity index (χ0n) is 17.0. The van der Waals surface area contributed by atoms with Gasteiger partial charge in [-0.15, -0.1) is 35.7 Å². The van der Waals surface area contributed by atoms with Crippen molar-refractivity contribution in [3.63, 3.8) is 0 Å². The summed E-state index contributed by atoms with van der Waals surface area (Å²) in [4.78, 5) is 16.6. The van der Waals surface area contributed by atoms with Crippen LogP contribution in [0, 0.1) is 0 Å². The van der Waals surface area contributed by atoms with Gasteiger partial charge in [0.2, 0.25) is 5.91 Å². The molecule has 2 rings (SSSR count). The molecule has 0 aliphatic heterocycles. The van der Waals surface area contributed by atoms with Crippen LogP contribution in [0.3, 0.4) is 0 Å². The lowest BCUT2D eigenvalue weighted by Crippen LogP contribution is -2.41. The number of ether oxygens (including phenoxy) is 1. The highest BCUT2D eigenvalue weighted by atomic mass is 127. The average molecular weight is 528 g/mol. The number of hydrogen-bond acceptors (Lipinski definition) is 4. The zero-order valence-corrected chi connectivity index (χ0v) is 20.1. The van der Waals surface area contributed by atoms with Crippen molar-refractivity contribution in [2.24, 2.45) is 4.99 Å². The molecule has 2 aromatic rings. The lowest BCUT2D eigenvalue weighted by molar-refractivity contribution is -0.114. The average Bonchev–Trinajstić information content (AvgIpc) is 2.68. The molecule has 0 bridgehead atoms. The Bertz CT molecular complexity index is 774. The number of rotatable bonds is 9. The van der Waals surface area contributed by atoms with E-state index in [0.717, 1.165) is 18.2 Å². The molecule has 0 aromatic heterocycles. The Morgan fingerprint density at radius 1 is 1.14 bits per heavy atom. The first-order valence-electron chi connectivity index (χ1n) is 9.23. The number of guanidine groups is 1. The number of halogens is 1. The Morgan fingerprint density at radius 2 is 1.90 bits per heavy atom. The molecule has 0 aliphatic carbocycles. The number of nitrogens with one attached hydrogen (secondary N) is 3. The van der Waals surface area contributed by atoms with E-state index in [-0.39, 0.29) is 29.9 Å². The van der Waals surface area contributed by atoms with Crippen LogP contribution in [0.4, 0.5) is 5.69 Å². The maximum Gasteiger partial charge on any atom is 0.221 e. The van der Waals surface area contributed by atoms with E-state index >= 15 is 0 Å². The Morgan fingerprint density at radius 3 is 2.59 bits per heavy atom. The molecule has 1 amide bonds. The second-order valence-electron chi connectivity index (χ2n) is 6.18. The van der Waals surface area contributed by atoms with Gasteiger partial charge < -0.3 is 20.7 Å². The van der Waals surface area contributed by atoms with Crippen LogP contribution in [0.2, 0.25) is 0 Å². The fraction of sp³-hybridized carbons (Fsp3) is 0.333. The van der Waals surface area contributed by atoms with E-state index in [4.69, 9.17) is 4.74 Å². The summed E-state index contributed by atoms with van der Waals surface area (Å²) < 4.78 is 5.73. The summed E-state index contributed by atoms with van der Waals surface area (Å²) in [5.41, 5.74) is 0.723. The number of carbonyl (C=O) groups excluding carboxylic acids is 1. The number of carbonyl (C=O) groups is 1. The second kappa shape index (κ2) is 14.1. The Kier molecular flexibility index (Phi) is 12.2. The number of nitrogens with zero attached hydrogens (tertiary/aromatic N) is 1. The molecule has 158 valence electrons. The van der Waals surface area contributed by atoms with Crippen LogP contribution in [0.15, 0.2) is 64.5 Å². The molecule has 1 unspecified atom stereocenters. The maximum absolute atomic E-state index is 11.1. The topological polar surface area (TPSA) is 74.8 Å². The molecule has 2 aromatic carbocycles. The zero-order chi connectivity index (χ0) is 20.2. The molecule has 0 aliphatic rings. The highest BCUT2D eigenvalue weighted by molar-refractivity contribution is 14.0. The standard InChI is InChI=1S/C21H28N4O2S.HI/c1-16(28-20-10-5-4-6-11-20)15-24-21(22-3)23-12-13-27-19-9-7-8-18(14-19)25-17(2)26;/h4-11,14,16H,12-13,15H2,1-3H3,(H,25,26)(H2,22,23,24);1H. The number of amides is 1. The van der Waals surface area contributed by atoms with E-state index in [1.54, 1.807) is 13.1 Å². The third-order valence-electron chi connectivity index (χ3n) is 3.68. The van der Waals surface area contributed by atoms with E-state index in [2.05, 4.69) is 52.1 Å². The molecule has 0 spiro atoms. The van der Waals surface area contributed by atoms with Gasteiger partial charge in [0.1, 0.15) is 12.4 Å². The van der Waals surface area contributed by atoms with Crippen LogP contribution in [0.1, 0.15) is 13.8 Å². The predicted octanol–water partition coefficient (Wildman–Crippen LogP) is 3.99. The summed E-state index contributed by atoms with van der Waals surface area (Å²) in [6, 6.07) is 17.7. The van der Waals surface area contributed by atoms with Crippen molar-refractivity contribution in [2.75, 3.05) is 32.1 Å². The van der Waals surface area contributed by atoms with Gasteiger partial charge in [-0.25, -0.2) is 0 Å². The summed E-state index contributed by atoms with van der Waals surface area (Å²) in [6.07, 6.45) is 0. The van der Waals surface area contributed by atoms with E-state index in [0.29, 0.717) is 24.2 Å². The van der Waals surface area contributed by atoms with Gasteiger partial charge in [0.05, 0.1) is 6.54 Å². The van der Waals surface area contributed by atoms with E-state index < -0.39 is 0 Å². The van der Waals surface area contributed by atoms with Crippen LogP contribution >= 0.6 is 35.7 Å². The molecule has 29 heavy (non-hydrogen) atoms. The number of thioether (sulfide) groups is 1. The summed E-state index contributed by atoms with van der Waals surface area (Å²) in [7, 11) is 1.75. The fourth-order valence-electron chi connectivity index (χ4n) is 2.44. The number of anilines is 1. The molecule has 1 atom stereocenters. The molecule has 3 N–H and O–H groups in total. The van der Waals surface area contributed by atoms with Crippen molar-refractivity contribution in [3.8, 4) is 5.75 Å². The van der Waals surface area contributed by atoms with Crippen molar-refractivity contribution in [1.82, 2.24) is 10.6 Å². The molecular formula is C21H29IN4O2S. The van der Waals surface area contributed by atoms with E-state index in [1.165, 1.54) is 11.8 Å². The van der Waals surface area contributed by atoms with Gasteiger partial charge in [-0.3, -0.25) is 9.79 Å². The minimum absolute atomic E-state index is 0. The summed E-state index contributed by atoms with van der Waals surface area (Å²) >= 11 is 1.83. The monoisotopic (exact) mass is 528 g/mol. The lowest BCUT2D eigenvalue weighted by Gasteiger charge is -2.16. The largest absolute Gasteiger partial charge is 0.492 e. The summed E-state index contributed by atoms with van der Waals surface area (Å²) in [6.45, 7) is 5.57. The Balaban J connectivity index is 0.00000420. The first kappa shape index (κ1) is 25.1. The molecular weight excluding hydrogens is 499 g/mol. The maximum atomic E-state index is 11.1. The third-order valence-corrected chi connectivity index (χ3v) is 4.79. The minimum atomic E-state index is -0.103. The fourth-order valence-corrected chi connectivity index (χ4v) is 3.38. The normalized spacial score (nSPS) is 11.8.